The molecule has 3 N–H and O–H groups in total. The summed E-state index contributed by atoms with van der Waals surface area (Å²) >= 11 is 5.23. The largest absolute Gasteiger partial charge is 0.362 e. The number of hydrogen-bond donors (Lipinski definition) is 3. The van der Waals surface area contributed by atoms with E-state index in [0.29, 0.717) is 11.7 Å². The number of benzene rings is 2. The van der Waals surface area contributed by atoms with E-state index < -0.39 is 0 Å². The SMILES string of the molecule is CCc1ccc(NC(=S)NNC(=O)CN2CCCc3ccccc32)cc1. The molecule has 3 rings (SSSR count). The van der Waals surface area contributed by atoms with Crippen molar-refractivity contribution in [2.75, 3.05) is 23.3 Å². The van der Waals surface area contributed by atoms with Gasteiger partial charge in [0.25, 0.3) is 5.91 Å². The number of amides is 1. The maximum atomic E-state index is 12.3. The summed E-state index contributed by atoms with van der Waals surface area (Å²) in [5.41, 5.74) is 10.0. The molecule has 1 aliphatic rings. The molecule has 136 valence electrons. The fourth-order valence-corrected chi connectivity index (χ4v) is 3.27. The molecule has 0 unspecified atom stereocenters. The van der Waals surface area contributed by atoms with E-state index in [0.717, 1.165) is 37.2 Å². The molecular formula is C20H24N4OS. The Morgan fingerprint density at radius 2 is 1.88 bits per heavy atom. The van der Waals surface area contributed by atoms with E-state index in [9.17, 15) is 4.79 Å². The lowest BCUT2D eigenvalue weighted by Crippen LogP contribution is -2.48. The van der Waals surface area contributed by atoms with Gasteiger partial charge in [-0.3, -0.25) is 15.6 Å². The quantitative estimate of drug-likeness (QED) is 0.572. The van der Waals surface area contributed by atoms with Crippen LogP contribution in [-0.2, 0) is 17.6 Å². The molecular weight excluding hydrogens is 344 g/mol. The molecule has 0 radical (unpaired) electrons. The summed E-state index contributed by atoms with van der Waals surface area (Å²) in [5.74, 6) is -0.118. The number of thiocarbonyl (C=S) groups is 1. The smallest absolute Gasteiger partial charge is 0.257 e. The van der Waals surface area contributed by atoms with Crippen LogP contribution in [0.2, 0.25) is 0 Å². The Labute approximate surface area is 159 Å². The molecule has 5 nitrogen and oxygen atoms in total. The predicted molar refractivity (Wildman–Crippen MR) is 110 cm³/mol. The first-order chi connectivity index (χ1) is 12.7. The summed E-state index contributed by atoms with van der Waals surface area (Å²) in [5, 5.41) is 3.42. The maximum Gasteiger partial charge on any atom is 0.257 e. The van der Waals surface area contributed by atoms with Gasteiger partial charge in [-0.2, -0.15) is 0 Å². The zero-order valence-corrected chi connectivity index (χ0v) is 15.7. The number of para-hydroxylation sites is 1. The number of carbonyl (C=O) groups excluding carboxylic acids is 1. The van der Waals surface area contributed by atoms with Crippen molar-refractivity contribution in [3.05, 3.63) is 59.7 Å². The zero-order chi connectivity index (χ0) is 18.4. The number of nitrogens with one attached hydrogen (secondary N) is 3. The average Bonchev–Trinajstić information content (AvgIpc) is 2.67. The van der Waals surface area contributed by atoms with Crippen LogP contribution in [0.15, 0.2) is 48.5 Å². The molecule has 26 heavy (non-hydrogen) atoms. The van der Waals surface area contributed by atoms with E-state index in [1.807, 2.05) is 24.3 Å². The second-order valence-corrected chi connectivity index (χ2v) is 6.74. The van der Waals surface area contributed by atoms with E-state index >= 15 is 0 Å². The van der Waals surface area contributed by atoms with Gasteiger partial charge in [0.2, 0.25) is 0 Å². The molecule has 1 amide bonds. The van der Waals surface area contributed by atoms with Crippen molar-refractivity contribution >= 4 is 34.6 Å². The van der Waals surface area contributed by atoms with Gasteiger partial charge < -0.3 is 10.2 Å². The van der Waals surface area contributed by atoms with Crippen LogP contribution in [0.25, 0.3) is 0 Å². The lowest BCUT2D eigenvalue weighted by Gasteiger charge is -2.30. The van der Waals surface area contributed by atoms with Crippen LogP contribution in [0.3, 0.4) is 0 Å². The summed E-state index contributed by atoms with van der Waals surface area (Å²) in [6.07, 6.45) is 3.13. The molecule has 1 heterocycles. The monoisotopic (exact) mass is 368 g/mol. The summed E-state index contributed by atoms with van der Waals surface area (Å²) in [4.78, 5) is 14.4. The minimum absolute atomic E-state index is 0.118. The van der Waals surface area contributed by atoms with Crippen LogP contribution >= 0.6 is 12.2 Å². The molecule has 0 spiro atoms. The Hall–Kier alpha value is -2.60. The van der Waals surface area contributed by atoms with Gasteiger partial charge in [-0.25, -0.2) is 0 Å². The van der Waals surface area contributed by atoms with E-state index in [2.05, 4.69) is 52.3 Å². The molecule has 2 aromatic carbocycles. The molecule has 2 aromatic rings. The Kier molecular flexibility index (Phi) is 6.07. The van der Waals surface area contributed by atoms with Crippen molar-refractivity contribution in [3.8, 4) is 0 Å². The highest BCUT2D eigenvalue weighted by Crippen LogP contribution is 2.26. The topological polar surface area (TPSA) is 56.4 Å². The van der Waals surface area contributed by atoms with Gasteiger partial charge in [-0.05, 0) is 60.8 Å². The summed E-state index contributed by atoms with van der Waals surface area (Å²) in [6.45, 7) is 3.31. The maximum absolute atomic E-state index is 12.3. The fourth-order valence-electron chi connectivity index (χ4n) is 3.10. The van der Waals surface area contributed by atoms with Gasteiger partial charge in [0.1, 0.15) is 0 Å². The van der Waals surface area contributed by atoms with Crippen LogP contribution in [0.1, 0.15) is 24.5 Å². The minimum atomic E-state index is -0.118. The summed E-state index contributed by atoms with van der Waals surface area (Å²) in [7, 11) is 0. The van der Waals surface area contributed by atoms with Crippen molar-refractivity contribution in [1.29, 1.82) is 0 Å². The number of carbonyl (C=O) groups is 1. The van der Waals surface area contributed by atoms with Gasteiger partial charge in [0, 0.05) is 17.9 Å². The number of rotatable bonds is 4. The average molecular weight is 369 g/mol. The number of hydrogen-bond acceptors (Lipinski definition) is 3. The molecule has 0 atom stereocenters. The van der Waals surface area contributed by atoms with Crippen molar-refractivity contribution in [2.45, 2.75) is 26.2 Å². The number of anilines is 2. The molecule has 0 bridgehead atoms. The molecule has 0 fully saturated rings. The van der Waals surface area contributed by atoms with Crippen LogP contribution < -0.4 is 21.1 Å². The lowest BCUT2D eigenvalue weighted by molar-refractivity contribution is -0.120. The third-order valence-electron chi connectivity index (χ3n) is 4.48. The molecule has 0 aliphatic carbocycles. The molecule has 0 saturated heterocycles. The third kappa shape index (κ3) is 4.73. The summed E-state index contributed by atoms with van der Waals surface area (Å²) in [6, 6.07) is 16.3. The first-order valence-electron chi connectivity index (χ1n) is 8.93. The van der Waals surface area contributed by atoms with Gasteiger partial charge in [-0.15, -0.1) is 0 Å². The molecule has 1 aliphatic heterocycles. The lowest BCUT2D eigenvalue weighted by atomic mass is 10.0. The highest BCUT2D eigenvalue weighted by atomic mass is 32.1. The van der Waals surface area contributed by atoms with Crippen LogP contribution in [0, 0.1) is 0 Å². The van der Waals surface area contributed by atoms with E-state index in [1.54, 1.807) is 0 Å². The number of aryl methyl sites for hydroxylation is 2. The zero-order valence-electron chi connectivity index (χ0n) is 14.9. The van der Waals surface area contributed by atoms with Gasteiger partial charge in [0.05, 0.1) is 6.54 Å². The van der Waals surface area contributed by atoms with Gasteiger partial charge in [0.15, 0.2) is 5.11 Å². The van der Waals surface area contributed by atoms with Crippen molar-refractivity contribution in [3.63, 3.8) is 0 Å². The van der Waals surface area contributed by atoms with Crippen LogP contribution in [0.5, 0.6) is 0 Å². The Balaban J connectivity index is 1.47. The van der Waals surface area contributed by atoms with Gasteiger partial charge in [-0.1, -0.05) is 37.3 Å². The highest BCUT2D eigenvalue weighted by Gasteiger charge is 2.18. The Morgan fingerprint density at radius 3 is 2.65 bits per heavy atom. The number of nitrogens with zero attached hydrogens (tertiary/aromatic N) is 1. The molecule has 0 saturated carbocycles. The Morgan fingerprint density at radius 1 is 1.12 bits per heavy atom. The van der Waals surface area contributed by atoms with Crippen LogP contribution in [0.4, 0.5) is 11.4 Å². The number of hydrazine groups is 1. The first-order valence-corrected chi connectivity index (χ1v) is 9.34. The van der Waals surface area contributed by atoms with Crippen LogP contribution in [-0.4, -0.2) is 24.1 Å². The van der Waals surface area contributed by atoms with Crippen molar-refractivity contribution in [2.24, 2.45) is 0 Å². The van der Waals surface area contributed by atoms with Crippen molar-refractivity contribution in [1.82, 2.24) is 10.9 Å². The van der Waals surface area contributed by atoms with E-state index in [-0.39, 0.29) is 5.91 Å². The molecule has 0 aromatic heterocycles. The molecule has 6 heteroatoms. The second kappa shape index (κ2) is 8.67. The minimum Gasteiger partial charge on any atom is -0.362 e. The second-order valence-electron chi connectivity index (χ2n) is 6.33. The fraction of sp³-hybridized carbons (Fsp3) is 0.300. The predicted octanol–water partition coefficient (Wildman–Crippen LogP) is 3.02. The van der Waals surface area contributed by atoms with Gasteiger partial charge >= 0.3 is 0 Å². The normalized spacial score (nSPS) is 12.9. The van der Waals surface area contributed by atoms with E-state index in [4.69, 9.17) is 12.2 Å². The standard InChI is InChI=1S/C20H24N4OS/c1-2-15-9-11-17(12-10-15)21-20(26)23-22-19(25)14-24-13-5-7-16-6-3-4-8-18(16)24/h3-4,6,8-12H,2,5,7,13-14H2,1H3,(H,22,25)(H2,21,23,26). The third-order valence-corrected chi connectivity index (χ3v) is 4.68. The van der Waals surface area contributed by atoms with Crippen molar-refractivity contribution < 1.29 is 4.79 Å². The Bertz CT molecular complexity index is 776. The van der Waals surface area contributed by atoms with E-state index in [1.165, 1.54) is 11.1 Å². The summed E-state index contributed by atoms with van der Waals surface area (Å²) < 4.78 is 0. The number of fused-ring (bicyclic) bond motifs is 1. The highest BCUT2D eigenvalue weighted by molar-refractivity contribution is 7.80. The first kappa shape index (κ1) is 18.2.